The van der Waals surface area contributed by atoms with Gasteiger partial charge in [0.25, 0.3) is 0 Å². The fourth-order valence-corrected chi connectivity index (χ4v) is 2.24. The van der Waals surface area contributed by atoms with E-state index in [1.807, 2.05) is 24.4 Å². The first-order valence-corrected chi connectivity index (χ1v) is 6.58. The van der Waals surface area contributed by atoms with Crippen LogP contribution in [-0.4, -0.2) is 20.7 Å². The highest BCUT2D eigenvalue weighted by Gasteiger charge is 2.03. The van der Waals surface area contributed by atoms with Crippen LogP contribution in [0.3, 0.4) is 0 Å². The van der Waals surface area contributed by atoms with Gasteiger partial charge in [-0.2, -0.15) is 5.10 Å². The van der Waals surface area contributed by atoms with Gasteiger partial charge in [0, 0.05) is 30.5 Å². The van der Waals surface area contributed by atoms with Crippen molar-refractivity contribution in [2.24, 2.45) is 5.73 Å². The van der Waals surface area contributed by atoms with Crippen molar-refractivity contribution in [3.05, 3.63) is 54.6 Å². The molecule has 0 atom stereocenters. The smallest absolute Gasteiger partial charge is 0.239 e. The summed E-state index contributed by atoms with van der Waals surface area (Å²) < 4.78 is 1.51. The van der Waals surface area contributed by atoms with E-state index in [0.717, 1.165) is 11.1 Å². The van der Waals surface area contributed by atoms with Crippen molar-refractivity contribution in [1.82, 2.24) is 14.8 Å². The van der Waals surface area contributed by atoms with Gasteiger partial charge < -0.3 is 11.1 Å². The van der Waals surface area contributed by atoms with Gasteiger partial charge in [-0.15, -0.1) is 0 Å². The molecule has 6 heteroatoms. The molecule has 0 radical (unpaired) electrons. The summed E-state index contributed by atoms with van der Waals surface area (Å²) in [5.74, 6) is -0.411. The van der Waals surface area contributed by atoms with Crippen molar-refractivity contribution >= 4 is 22.4 Å². The first kappa shape index (κ1) is 13.1. The van der Waals surface area contributed by atoms with E-state index in [2.05, 4.69) is 21.5 Å². The quantitative estimate of drug-likeness (QED) is 0.742. The third kappa shape index (κ3) is 3.00. The number of nitrogens with one attached hydrogen (secondary N) is 1. The van der Waals surface area contributed by atoms with Gasteiger partial charge in [0.15, 0.2) is 0 Å². The van der Waals surface area contributed by atoms with E-state index in [9.17, 15) is 4.79 Å². The molecule has 0 fully saturated rings. The molecule has 6 nitrogen and oxygen atoms in total. The van der Waals surface area contributed by atoms with E-state index < -0.39 is 5.91 Å². The van der Waals surface area contributed by atoms with Crippen molar-refractivity contribution < 1.29 is 4.79 Å². The molecule has 3 aromatic rings. The molecule has 3 N–H and O–H groups in total. The van der Waals surface area contributed by atoms with Crippen molar-refractivity contribution in [1.29, 1.82) is 0 Å². The second-order valence-corrected chi connectivity index (χ2v) is 4.76. The van der Waals surface area contributed by atoms with Crippen LogP contribution >= 0.6 is 0 Å². The highest BCUT2D eigenvalue weighted by Crippen LogP contribution is 2.18. The molecule has 0 aliphatic carbocycles. The van der Waals surface area contributed by atoms with Crippen LogP contribution in [0.25, 0.3) is 10.8 Å². The van der Waals surface area contributed by atoms with Gasteiger partial charge in [0.05, 0.1) is 11.9 Å². The summed E-state index contributed by atoms with van der Waals surface area (Å²) in [6.07, 6.45) is 7.08. The predicted octanol–water partition coefficient (Wildman–Crippen LogP) is 1.53. The summed E-state index contributed by atoms with van der Waals surface area (Å²) in [6.45, 7) is 0.755. The zero-order chi connectivity index (χ0) is 14.7. The van der Waals surface area contributed by atoms with Crippen molar-refractivity contribution in [2.75, 3.05) is 5.32 Å². The number of amides is 1. The van der Waals surface area contributed by atoms with Crippen molar-refractivity contribution in [3.8, 4) is 0 Å². The van der Waals surface area contributed by atoms with Gasteiger partial charge >= 0.3 is 0 Å². The fourth-order valence-electron chi connectivity index (χ4n) is 2.24. The van der Waals surface area contributed by atoms with E-state index in [1.54, 1.807) is 18.6 Å². The first-order chi connectivity index (χ1) is 10.2. The molecule has 0 aliphatic rings. The zero-order valence-corrected chi connectivity index (χ0v) is 11.4. The SMILES string of the molecule is NC(=O)Cn1cc(NCc2cccc3cnccc23)cn1. The molecule has 0 spiro atoms. The Balaban J connectivity index is 1.74. The van der Waals surface area contributed by atoms with Crippen LogP contribution in [0.1, 0.15) is 5.56 Å². The Labute approximate surface area is 121 Å². The molecule has 1 aromatic carbocycles. The Kier molecular flexibility index (Phi) is 3.51. The first-order valence-electron chi connectivity index (χ1n) is 6.58. The van der Waals surface area contributed by atoms with Gasteiger partial charge in [-0.05, 0) is 17.0 Å². The van der Waals surface area contributed by atoms with Crippen molar-refractivity contribution in [2.45, 2.75) is 13.1 Å². The lowest BCUT2D eigenvalue weighted by Crippen LogP contribution is -2.18. The van der Waals surface area contributed by atoms with E-state index in [-0.39, 0.29) is 6.54 Å². The summed E-state index contributed by atoms with van der Waals surface area (Å²) in [7, 11) is 0. The number of benzene rings is 1. The number of nitrogens with zero attached hydrogens (tertiary/aromatic N) is 3. The minimum Gasteiger partial charge on any atom is -0.378 e. The summed E-state index contributed by atoms with van der Waals surface area (Å²) in [4.78, 5) is 15.0. The molecule has 2 aromatic heterocycles. The molecule has 0 aliphatic heterocycles. The van der Waals surface area contributed by atoms with Gasteiger partial charge in [-0.25, -0.2) is 0 Å². The normalized spacial score (nSPS) is 10.7. The second kappa shape index (κ2) is 5.62. The van der Waals surface area contributed by atoms with E-state index in [1.165, 1.54) is 15.6 Å². The Morgan fingerprint density at radius 1 is 1.29 bits per heavy atom. The maximum absolute atomic E-state index is 10.8. The minimum absolute atomic E-state index is 0.0849. The Bertz CT molecular complexity index is 775. The number of fused-ring (bicyclic) bond motifs is 1. The van der Waals surface area contributed by atoms with Gasteiger partial charge in [-0.3, -0.25) is 14.5 Å². The van der Waals surface area contributed by atoms with E-state index in [0.29, 0.717) is 6.54 Å². The predicted molar refractivity (Wildman–Crippen MR) is 80.5 cm³/mol. The molecular weight excluding hydrogens is 266 g/mol. The summed E-state index contributed by atoms with van der Waals surface area (Å²) in [5, 5.41) is 9.65. The average Bonchev–Trinajstić information content (AvgIpc) is 2.92. The van der Waals surface area contributed by atoms with Gasteiger partial charge in [0.1, 0.15) is 6.54 Å². The second-order valence-electron chi connectivity index (χ2n) is 4.76. The number of carbonyl (C=O) groups excluding carboxylic acids is 1. The Hall–Kier alpha value is -2.89. The molecule has 3 rings (SSSR count). The summed E-state index contributed by atoms with van der Waals surface area (Å²) in [6, 6.07) is 8.13. The van der Waals surface area contributed by atoms with Crippen molar-refractivity contribution in [3.63, 3.8) is 0 Å². The van der Waals surface area contributed by atoms with Gasteiger partial charge in [-0.1, -0.05) is 18.2 Å². The van der Waals surface area contributed by atoms with Crippen LogP contribution in [0, 0.1) is 0 Å². The number of pyridine rings is 1. The Morgan fingerprint density at radius 3 is 3.05 bits per heavy atom. The molecule has 21 heavy (non-hydrogen) atoms. The highest BCUT2D eigenvalue weighted by molar-refractivity contribution is 5.84. The topological polar surface area (TPSA) is 85.8 Å². The van der Waals surface area contributed by atoms with E-state index >= 15 is 0 Å². The number of carbonyl (C=O) groups is 1. The number of nitrogens with two attached hydrogens (primary N) is 1. The number of aromatic nitrogens is 3. The maximum atomic E-state index is 10.8. The third-order valence-electron chi connectivity index (χ3n) is 3.21. The lowest BCUT2D eigenvalue weighted by molar-refractivity contribution is -0.118. The summed E-state index contributed by atoms with van der Waals surface area (Å²) >= 11 is 0. The highest BCUT2D eigenvalue weighted by atomic mass is 16.1. The zero-order valence-electron chi connectivity index (χ0n) is 11.4. The fraction of sp³-hybridized carbons (Fsp3) is 0.133. The molecule has 0 unspecified atom stereocenters. The number of hydrogen-bond donors (Lipinski definition) is 2. The summed E-state index contributed by atoms with van der Waals surface area (Å²) in [5.41, 5.74) is 7.16. The standard InChI is InChI=1S/C15H15N5O/c16-15(21)10-20-9-13(8-19-20)18-7-12-3-1-2-11-6-17-5-4-14(11)12/h1-6,8-9,18H,7,10H2,(H2,16,21). The molecule has 0 saturated heterocycles. The minimum atomic E-state index is -0.411. The number of rotatable bonds is 5. The number of anilines is 1. The monoisotopic (exact) mass is 281 g/mol. The molecule has 1 amide bonds. The average molecular weight is 281 g/mol. The molecular formula is C15H15N5O. The van der Waals surface area contributed by atoms with Crippen LogP contribution < -0.4 is 11.1 Å². The maximum Gasteiger partial charge on any atom is 0.239 e. The van der Waals surface area contributed by atoms with E-state index in [4.69, 9.17) is 5.73 Å². The van der Waals surface area contributed by atoms with Crippen LogP contribution in [0.15, 0.2) is 49.1 Å². The molecule has 0 bridgehead atoms. The molecule has 2 heterocycles. The lowest BCUT2D eigenvalue weighted by atomic mass is 10.1. The van der Waals surface area contributed by atoms with Crippen LogP contribution in [-0.2, 0) is 17.9 Å². The third-order valence-corrected chi connectivity index (χ3v) is 3.21. The van der Waals surface area contributed by atoms with Crippen LogP contribution in [0.5, 0.6) is 0 Å². The Morgan fingerprint density at radius 2 is 2.19 bits per heavy atom. The lowest BCUT2D eigenvalue weighted by Gasteiger charge is -2.07. The van der Waals surface area contributed by atoms with Gasteiger partial charge in [0.2, 0.25) is 5.91 Å². The van der Waals surface area contributed by atoms with Crippen LogP contribution in [0.4, 0.5) is 5.69 Å². The van der Waals surface area contributed by atoms with Crippen LogP contribution in [0.2, 0.25) is 0 Å². The largest absolute Gasteiger partial charge is 0.378 e. The number of hydrogen-bond acceptors (Lipinski definition) is 4. The number of primary amides is 1. The molecule has 0 saturated carbocycles. The molecule has 106 valence electrons.